The molecule has 5 atom stereocenters. The van der Waals surface area contributed by atoms with Gasteiger partial charge in [0.05, 0.1) is 35.0 Å². The number of esters is 1. The summed E-state index contributed by atoms with van der Waals surface area (Å²) in [4.78, 5) is 26.5. The van der Waals surface area contributed by atoms with Crippen molar-refractivity contribution in [1.82, 2.24) is 0 Å². The fraction of sp³-hybridized carbons (Fsp3) is 0.600. The predicted octanol–water partition coefficient (Wildman–Crippen LogP) is 4.92. The third kappa shape index (κ3) is 3.07. The lowest BCUT2D eigenvalue weighted by atomic mass is 9.74. The second-order valence-corrected chi connectivity index (χ2v) is 10.1. The van der Waals surface area contributed by atoms with Crippen molar-refractivity contribution >= 4 is 17.3 Å². The predicted molar refractivity (Wildman–Crippen MR) is 112 cm³/mol. The van der Waals surface area contributed by atoms with Gasteiger partial charge in [-0.2, -0.15) is 0 Å². The fourth-order valence-electron chi connectivity index (χ4n) is 5.54. The summed E-state index contributed by atoms with van der Waals surface area (Å²) in [7, 11) is 0. The van der Waals surface area contributed by atoms with Crippen LogP contribution >= 0.6 is 0 Å². The van der Waals surface area contributed by atoms with Crippen molar-refractivity contribution in [1.29, 1.82) is 0 Å². The Morgan fingerprint density at radius 2 is 1.76 bits per heavy atom. The first-order chi connectivity index (χ1) is 13.5. The van der Waals surface area contributed by atoms with E-state index in [0.29, 0.717) is 17.3 Å². The van der Waals surface area contributed by atoms with Crippen LogP contribution in [0.1, 0.15) is 62.8 Å². The minimum absolute atomic E-state index is 0.0368. The lowest BCUT2D eigenvalue weighted by Crippen LogP contribution is -2.35. The van der Waals surface area contributed by atoms with Crippen molar-refractivity contribution in [2.75, 3.05) is 0 Å². The summed E-state index contributed by atoms with van der Waals surface area (Å²) in [5.41, 5.74) is 4.17. The van der Waals surface area contributed by atoms with Gasteiger partial charge in [0, 0.05) is 0 Å². The van der Waals surface area contributed by atoms with Crippen LogP contribution in [0.5, 0.6) is 0 Å². The number of ether oxygens (including phenoxy) is 2. The molecular formula is C25H32O4. The van der Waals surface area contributed by atoms with Crippen LogP contribution in [0.4, 0.5) is 0 Å². The summed E-state index contributed by atoms with van der Waals surface area (Å²) in [5, 5.41) is 0. The van der Waals surface area contributed by atoms with E-state index >= 15 is 0 Å². The number of hydrogen-bond donors (Lipinski definition) is 0. The second kappa shape index (κ2) is 6.80. The van der Waals surface area contributed by atoms with E-state index in [1.807, 2.05) is 34.6 Å². The van der Waals surface area contributed by atoms with Gasteiger partial charge >= 0.3 is 5.97 Å². The summed E-state index contributed by atoms with van der Waals surface area (Å²) in [6.07, 6.45) is 1.84. The lowest BCUT2D eigenvalue weighted by Gasteiger charge is -2.29. The Hall–Kier alpha value is -1.94. The molecule has 2 fully saturated rings. The Morgan fingerprint density at radius 1 is 1.14 bits per heavy atom. The van der Waals surface area contributed by atoms with Crippen molar-refractivity contribution in [3.8, 4) is 0 Å². The van der Waals surface area contributed by atoms with Crippen LogP contribution in [0.3, 0.4) is 0 Å². The van der Waals surface area contributed by atoms with Gasteiger partial charge in [-0.3, -0.25) is 9.59 Å². The van der Waals surface area contributed by atoms with Crippen molar-refractivity contribution in [2.45, 2.75) is 73.5 Å². The normalized spacial score (nSPS) is 30.9. The third-order valence-corrected chi connectivity index (χ3v) is 6.84. The molecule has 1 aromatic carbocycles. The van der Waals surface area contributed by atoms with Crippen LogP contribution in [0.25, 0.3) is 5.57 Å². The molecule has 156 valence electrons. The van der Waals surface area contributed by atoms with E-state index in [-0.39, 0.29) is 35.8 Å². The minimum atomic E-state index is -0.640. The van der Waals surface area contributed by atoms with Crippen molar-refractivity contribution < 1.29 is 19.1 Å². The summed E-state index contributed by atoms with van der Waals surface area (Å²) in [6.45, 7) is 13.8. The third-order valence-electron chi connectivity index (χ3n) is 6.84. The standard InChI is InChI=1S/C25H32O4/c1-8-15-11-16-18-20(22(15)28-16)23(29-24(27)25(5,6)7)19(21(18)26)17-13(3)9-12(2)10-14(17)4/h9-10,15-16,18,20,22H,8,11H2,1-7H3/t15-,16-,18-,20-,22+/m0/s1. The number of aryl methyl sites for hydroxylation is 3. The quantitative estimate of drug-likeness (QED) is 0.680. The molecule has 0 spiro atoms. The smallest absolute Gasteiger partial charge is 0.316 e. The Kier molecular flexibility index (Phi) is 4.77. The molecule has 2 aliphatic heterocycles. The van der Waals surface area contributed by atoms with Crippen molar-refractivity contribution in [2.24, 2.45) is 23.2 Å². The number of fused-ring (bicyclic) bond motifs is 5. The molecule has 0 N–H and O–H groups in total. The summed E-state index contributed by atoms with van der Waals surface area (Å²) >= 11 is 0. The zero-order valence-electron chi connectivity index (χ0n) is 18.6. The molecule has 1 aromatic rings. The molecule has 0 aromatic heterocycles. The molecule has 0 saturated carbocycles. The Morgan fingerprint density at radius 3 is 2.31 bits per heavy atom. The zero-order valence-corrected chi connectivity index (χ0v) is 18.6. The number of Topliss-reactive ketones (excluding diaryl/α,β-unsaturated/α-hetero) is 1. The first-order valence-corrected chi connectivity index (χ1v) is 10.8. The van der Waals surface area contributed by atoms with Crippen LogP contribution in [0, 0.1) is 43.9 Å². The van der Waals surface area contributed by atoms with Gasteiger partial charge in [-0.15, -0.1) is 0 Å². The van der Waals surface area contributed by atoms with Gasteiger partial charge in [-0.25, -0.2) is 0 Å². The fourth-order valence-corrected chi connectivity index (χ4v) is 5.54. The number of benzene rings is 1. The van der Waals surface area contributed by atoms with E-state index < -0.39 is 5.41 Å². The molecule has 0 radical (unpaired) electrons. The van der Waals surface area contributed by atoms with Gasteiger partial charge in [-0.1, -0.05) is 31.0 Å². The van der Waals surface area contributed by atoms with E-state index in [0.717, 1.165) is 35.1 Å². The monoisotopic (exact) mass is 396 g/mol. The largest absolute Gasteiger partial charge is 0.429 e. The molecule has 29 heavy (non-hydrogen) atoms. The van der Waals surface area contributed by atoms with Crippen LogP contribution < -0.4 is 0 Å². The maximum Gasteiger partial charge on any atom is 0.316 e. The summed E-state index contributed by atoms with van der Waals surface area (Å²) in [5.74, 6) is 0.395. The van der Waals surface area contributed by atoms with E-state index in [1.54, 1.807) is 0 Å². The van der Waals surface area contributed by atoms with Crippen LogP contribution in [-0.2, 0) is 19.1 Å². The summed E-state index contributed by atoms with van der Waals surface area (Å²) < 4.78 is 12.3. The van der Waals surface area contributed by atoms with Gasteiger partial charge in [0.25, 0.3) is 0 Å². The summed E-state index contributed by atoms with van der Waals surface area (Å²) in [6, 6.07) is 4.19. The number of carbonyl (C=O) groups is 2. The molecule has 4 rings (SSSR count). The molecule has 3 aliphatic rings. The van der Waals surface area contributed by atoms with Gasteiger partial charge < -0.3 is 9.47 Å². The number of hydrogen-bond acceptors (Lipinski definition) is 4. The highest BCUT2D eigenvalue weighted by molar-refractivity contribution is 6.26. The van der Waals surface area contributed by atoms with Crippen molar-refractivity contribution in [3.05, 3.63) is 40.1 Å². The SMILES string of the molecule is CC[C@H]1C[C@@H]2O[C@H]1[C@H]1C(OC(=O)C(C)(C)C)=C(c3c(C)cc(C)cc3C)C(=O)[C@H]12. The van der Waals surface area contributed by atoms with Gasteiger partial charge in [0.1, 0.15) is 5.76 Å². The molecule has 0 unspecified atom stereocenters. The molecule has 2 saturated heterocycles. The highest BCUT2D eigenvalue weighted by atomic mass is 16.6. The molecule has 0 amide bonds. The Labute approximate surface area is 173 Å². The van der Waals surface area contributed by atoms with Gasteiger partial charge in [-0.05, 0) is 70.6 Å². The van der Waals surface area contributed by atoms with Gasteiger partial charge in [0.15, 0.2) is 5.78 Å². The highest BCUT2D eigenvalue weighted by Crippen LogP contribution is 2.57. The minimum Gasteiger partial charge on any atom is -0.429 e. The molecule has 4 nitrogen and oxygen atoms in total. The number of carbonyl (C=O) groups excluding carboxylic acids is 2. The van der Waals surface area contributed by atoms with E-state index in [1.165, 1.54) is 0 Å². The average Bonchev–Trinajstić information content (AvgIpc) is 3.26. The van der Waals surface area contributed by atoms with Crippen molar-refractivity contribution in [3.63, 3.8) is 0 Å². The lowest BCUT2D eigenvalue weighted by molar-refractivity contribution is -0.149. The molecule has 2 heterocycles. The zero-order chi connectivity index (χ0) is 21.2. The second-order valence-electron chi connectivity index (χ2n) is 10.1. The maximum atomic E-state index is 13.7. The van der Waals surface area contributed by atoms with Crippen LogP contribution in [0.15, 0.2) is 17.9 Å². The van der Waals surface area contributed by atoms with E-state index in [2.05, 4.69) is 26.0 Å². The average molecular weight is 397 g/mol. The van der Waals surface area contributed by atoms with Crippen LogP contribution in [-0.4, -0.2) is 24.0 Å². The first kappa shape index (κ1) is 20.3. The van der Waals surface area contributed by atoms with Crippen LogP contribution in [0.2, 0.25) is 0 Å². The van der Waals surface area contributed by atoms with Gasteiger partial charge in [0.2, 0.25) is 0 Å². The molecule has 4 heteroatoms. The molecule has 2 bridgehead atoms. The highest BCUT2D eigenvalue weighted by Gasteiger charge is 2.63. The first-order valence-electron chi connectivity index (χ1n) is 10.8. The topological polar surface area (TPSA) is 52.6 Å². The molecular weight excluding hydrogens is 364 g/mol. The van der Waals surface area contributed by atoms with E-state index in [4.69, 9.17) is 9.47 Å². The molecule has 1 aliphatic carbocycles. The van der Waals surface area contributed by atoms with E-state index in [9.17, 15) is 9.59 Å². The number of allylic oxidation sites excluding steroid dienone is 1. The Balaban J connectivity index is 1.89. The maximum absolute atomic E-state index is 13.7. The number of rotatable bonds is 3. The Bertz CT molecular complexity index is 894. The number of ketones is 1.